The largest absolute Gasteiger partial charge is 0.469 e. The number of nitrogens with one attached hydrogen (secondary N) is 1. The van der Waals surface area contributed by atoms with E-state index in [1.165, 1.54) is 11.3 Å². The Morgan fingerprint density at radius 1 is 1.16 bits per heavy atom. The van der Waals surface area contributed by atoms with Gasteiger partial charge in [-0.15, -0.1) is 21.5 Å². The second kappa shape index (κ2) is 9.84. The molecule has 0 aliphatic carbocycles. The first-order valence-corrected chi connectivity index (χ1v) is 11.6. The van der Waals surface area contributed by atoms with E-state index in [1.807, 2.05) is 35.7 Å². The zero-order valence-corrected chi connectivity index (χ0v) is 18.9. The van der Waals surface area contributed by atoms with Gasteiger partial charge in [0, 0.05) is 10.9 Å². The molecule has 0 atom stereocenters. The lowest BCUT2D eigenvalue weighted by molar-refractivity contribution is -0.113. The molecule has 0 fully saturated rings. The van der Waals surface area contributed by atoms with E-state index in [-0.39, 0.29) is 23.5 Å². The Morgan fingerprint density at radius 3 is 2.69 bits per heavy atom. The van der Waals surface area contributed by atoms with Gasteiger partial charge >= 0.3 is 5.97 Å². The predicted molar refractivity (Wildman–Crippen MR) is 122 cm³/mol. The highest BCUT2D eigenvalue weighted by molar-refractivity contribution is 7.99. The number of rotatable bonds is 8. The van der Waals surface area contributed by atoms with Crippen LogP contribution in [-0.2, 0) is 9.53 Å². The summed E-state index contributed by atoms with van der Waals surface area (Å²) in [5, 5.41) is 13.3. The molecule has 1 aromatic carbocycles. The van der Waals surface area contributed by atoms with Gasteiger partial charge in [0.2, 0.25) is 5.91 Å². The van der Waals surface area contributed by atoms with Crippen LogP contribution in [0.15, 0.2) is 62.1 Å². The fraction of sp³-hybridized carbons (Fsp3) is 0.182. The third kappa shape index (κ3) is 4.76. The molecule has 1 N–H and O–H groups in total. The molecule has 8 nitrogen and oxygen atoms in total. The van der Waals surface area contributed by atoms with Gasteiger partial charge in [-0.25, -0.2) is 4.79 Å². The lowest BCUT2D eigenvalue weighted by Crippen LogP contribution is -2.16. The second-order valence-electron chi connectivity index (χ2n) is 6.54. The number of thioether (sulfide) groups is 1. The van der Waals surface area contributed by atoms with Crippen molar-refractivity contribution in [3.63, 3.8) is 0 Å². The Kier molecular flexibility index (Phi) is 6.72. The average Bonchev–Trinajstić information content (AvgIpc) is 3.52. The standard InChI is InChI=1S/C22H19N3O5S2/c1-3-28-21(27)18-16(14-7-5-4-6-8-14)11-31-20(18)23-17(26)12-32-22-25-24-19(30-22)15-9-10-29-13(15)2/h4-11H,3,12H2,1-2H3,(H,23,26). The summed E-state index contributed by atoms with van der Waals surface area (Å²) in [5.41, 5.74) is 2.64. The number of hydrogen-bond acceptors (Lipinski definition) is 9. The van der Waals surface area contributed by atoms with E-state index >= 15 is 0 Å². The van der Waals surface area contributed by atoms with Gasteiger partial charge < -0.3 is 18.9 Å². The maximum Gasteiger partial charge on any atom is 0.341 e. The van der Waals surface area contributed by atoms with Crippen molar-refractivity contribution in [1.82, 2.24) is 10.2 Å². The van der Waals surface area contributed by atoms with E-state index in [2.05, 4.69) is 15.5 Å². The summed E-state index contributed by atoms with van der Waals surface area (Å²) in [4.78, 5) is 25.2. The van der Waals surface area contributed by atoms with Crippen LogP contribution >= 0.6 is 23.1 Å². The minimum atomic E-state index is -0.479. The van der Waals surface area contributed by atoms with Gasteiger partial charge in [-0.3, -0.25) is 4.79 Å². The molecule has 0 saturated carbocycles. The zero-order chi connectivity index (χ0) is 22.5. The van der Waals surface area contributed by atoms with Gasteiger partial charge in [0.1, 0.15) is 16.3 Å². The lowest BCUT2D eigenvalue weighted by Gasteiger charge is -2.08. The first-order chi connectivity index (χ1) is 15.6. The Bertz CT molecular complexity index is 1230. The third-order valence-electron chi connectivity index (χ3n) is 4.43. The van der Waals surface area contributed by atoms with Gasteiger partial charge in [0.25, 0.3) is 11.1 Å². The Hall–Kier alpha value is -3.37. The van der Waals surface area contributed by atoms with Gasteiger partial charge in [0.05, 0.1) is 24.2 Å². The van der Waals surface area contributed by atoms with Crippen LogP contribution < -0.4 is 5.32 Å². The molecule has 1 amide bonds. The van der Waals surface area contributed by atoms with Crippen LogP contribution in [0.2, 0.25) is 0 Å². The molecular formula is C22H19N3O5S2. The minimum Gasteiger partial charge on any atom is -0.469 e. The highest BCUT2D eigenvalue weighted by Gasteiger charge is 2.23. The molecule has 0 spiro atoms. The molecule has 0 bridgehead atoms. The Labute approximate surface area is 192 Å². The van der Waals surface area contributed by atoms with Gasteiger partial charge in [-0.05, 0) is 25.5 Å². The van der Waals surface area contributed by atoms with Gasteiger partial charge in [-0.2, -0.15) is 0 Å². The summed E-state index contributed by atoms with van der Waals surface area (Å²) in [5.74, 6) is 0.247. The Morgan fingerprint density at radius 2 is 1.97 bits per heavy atom. The van der Waals surface area contributed by atoms with Gasteiger partial charge in [-0.1, -0.05) is 42.1 Å². The number of ether oxygens (including phenoxy) is 1. The highest BCUT2D eigenvalue weighted by Crippen LogP contribution is 2.36. The molecule has 4 aromatic rings. The molecule has 0 aliphatic rings. The van der Waals surface area contributed by atoms with Crippen LogP contribution in [0.1, 0.15) is 23.0 Å². The summed E-state index contributed by atoms with van der Waals surface area (Å²) in [6.07, 6.45) is 1.54. The topological polar surface area (TPSA) is 107 Å². The van der Waals surface area contributed by atoms with Crippen molar-refractivity contribution in [2.75, 3.05) is 17.7 Å². The van der Waals surface area contributed by atoms with E-state index < -0.39 is 5.97 Å². The first-order valence-electron chi connectivity index (χ1n) is 9.71. The van der Waals surface area contributed by atoms with Crippen LogP contribution in [0, 0.1) is 6.92 Å². The molecule has 0 unspecified atom stereocenters. The van der Waals surface area contributed by atoms with Crippen molar-refractivity contribution in [2.45, 2.75) is 19.1 Å². The van der Waals surface area contributed by atoms with Crippen LogP contribution in [0.25, 0.3) is 22.6 Å². The summed E-state index contributed by atoms with van der Waals surface area (Å²) in [6, 6.07) is 11.2. The molecule has 10 heteroatoms. The van der Waals surface area contributed by atoms with Crippen molar-refractivity contribution >= 4 is 40.0 Å². The van der Waals surface area contributed by atoms with E-state index in [1.54, 1.807) is 26.2 Å². The lowest BCUT2D eigenvalue weighted by atomic mass is 10.0. The van der Waals surface area contributed by atoms with Gasteiger partial charge in [0.15, 0.2) is 0 Å². The van der Waals surface area contributed by atoms with Crippen molar-refractivity contribution < 1.29 is 23.2 Å². The number of carbonyl (C=O) groups is 2. The van der Waals surface area contributed by atoms with Crippen LogP contribution in [0.5, 0.6) is 0 Å². The number of hydrogen-bond donors (Lipinski definition) is 1. The van der Waals surface area contributed by atoms with Crippen LogP contribution in [0.4, 0.5) is 5.00 Å². The van der Waals surface area contributed by atoms with Crippen molar-refractivity contribution in [3.8, 4) is 22.6 Å². The van der Waals surface area contributed by atoms with E-state index in [4.69, 9.17) is 13.6 Å². The molecule has 3 heterocycles. The third-order valence-corrected chi connectivity index (χ3v) is 6.14. The molecule has 0 radical (unpaired) electrons. The number of thiophene rings is 1. The number of anilines is 1. The summed E-state index contributed by atoms with van der Waals surface area (Å²) in [7, 11) is 0. The monoisotopic (exact) mass is 469 g/mol. The summed E-state index contributed by atoms with van der Waals surface area (Å²) >= 11 is 2.38. The van der Waals surface area contributed by atoms with Crippen molar-refractivity contribution in [2.24, 2.45) is 0 Å². The number of aryl methyl sites for hydroxylation is 1. The van der Waals surface area contributed by atoms with Crippen molar-refractivity contribution in [1.29, 1.82) is 0 Å². The number of benzene rings is 1. The summed E-state index contributed by atoms with van der Waals surface area (Å²) < 4.78 is 16.1. The Balaban J connectivity index is 1.46. The smallest absolute Gasteiger partial charge is 0.341 e. The molecular weight excluding hydrogens is 450 g/mol. The fourth-order valence-electron chi connectivity index (χ4n) is 2.96. The maximum atomic E-state index is 12.6. The minimum absolute atomic E-state index is 0.0346. The first kappa shape index (κ1) is 21.8. The average molecular weight is 470 g/mol. The molecule has 0 aliphatic heterocycles. The second-order valence-corrected chi connectivity index (χ2v) is 8.35. The number of amides is 1. The molecule has 3 aromatic heterocycles. The quantitative estimate of drug-likeness (QED) is 0.275. The van der Waals surface area contributed by atoms with Crippen LogP contribution in [-0.4, -0.2) is 34.4 Å². The number of furan rings is 1. The highest BCUT2D eigenvalue weighted by atomic mass is 32.2. The van der Waals surface area contributed by atoms with Crippen LogP contribution in [0.3, 0.4) is 0 Å². The molecule has 4 rings (SSSR count). The van der Waals surface area contributed by atoms with E-state index in [9.17, 15) is 9.59 Å². The number of carbonyl (C=O) groups excluding carboxylic acids is 2. The number of aromatic nitrogens is 2. The van der Waals surface area contributed by atoms with E-state index in [0.29, 0.717) is 33.3 Å². The van der Waals surface area contributed by atoms with Crippen molar-refractivity contribution in [3.05, 3.63) is 59.4 Å². The maximum absolute atomic E-state index is 12.6. The SMILES string of the molecule is CCOC(=O)c1c(-c2ccccc2)csc1NC(=O)CSc1nnc(-c2ccoc2C)o1. The molecule has 32 heavy (non-hydrogen) atoms. The summed E-state index contributed by atoms with van der Waals surface area (Å²) in [6.45, 7) is 3.78. The number of nitrogens with zero attached hydrogens (tertiary/aromatic N) is 2. The molecule has 0 saturated heterocycles. The van der Waals surface area contributed by atoms with E-state index in [0.717, 1.165) is 17.3 Å². The fourth-order valence-corrected chi connectivity index (χ4v) is 4.50. The normalized spacial score (nSPS) is 10.8. The molecule has 164 valence electrons. The number of esters is 1. The predicted octanol–water partition coefficient (Wildman–Crippen LogP) is 5.27. The zero-order valence-electron chi connectivity index (χ0n) is 17.3.